The molecule has 0 spiro atoms. The highest BCUT2D eigenvalue weighted by molar-refractivity contribution is 5.29. The van der Waals surface area contributed by atoms with Gasteiger partial charge < -0.3 is 9.47 Å². The molecule has 3 rings (SSSR count). The number of hydrogen-bond donors (Lipinski definition) is 0. The lowest BCUT2D eigenvalue weighted by Gasteiger charge is -2.18. The van der Waals surface area contributed by atoms with E-state index in [9.17, 15) is 0 Å². The van der Waals surface area contributed by atoms with Gasteiger partial charge >= 0.3 is 0 Å². The Labute approximate surface area is 107 Å². The molecule has 2 heteroatoms. The Balaban J connectivity index is 1.83. The fraction of sp³-hybridized carbons (Fsp3) is 0.250. The molecule has 18 heavy (non-hydrogen) atoms. The van der Waals surface area contributed by atoms with E-state index in [-0.39, 0.29) is 6.10 Å². The minimum absolute atomic E-state index is 0.00315. The lowest BCUT2D eigenvalue weighted by Crippen LogP contribution is -2.10. The van der Waals surface area contributed by atoms with Crippen molar-refractivity contribution in [2.45, 2.75) is 12.2 Å². The van der Waals surface area contributed by atoms with E-state index < -0.39 is 0 Å². The second-order valence-electron chi connectivity index (χ2n) is 4.49. The quantitative estimate of drug-likeness (QED) is 0.749. The first kappa shape index (κ1) is 11.5. The van der Waals surface area contributed by atoms with Gasteiger partial charge in [0.1, 0.15) is 12.2 Å². The van der Waals surface area contributed by atoms with Gasteiger partial charge in [0.25, 0.3) is 0 Å². The Morgan fingerprint density at radius 1 is 0.944 bits per heavy atom. The molecule has 0 radical (unpaired) electrons. The average Bonchev–Trinajstić information content (AvgIpc) is 3.26. The lowest BCUT2D eigenvalue weighted by molar-refractivity contribution is 0.0672. The smallest absolute Gasteiger partial charge is 0.108 e. The second kappa shape index (κ2) is 5.34. The first-order valence-corrected chi connectivity index (χ1v) is 6.26. The normalized spacial score (nSPS) is 17.9. The summed E-state index contributed by atoms with van der Waals surface area (Å²) in [5.74, 6) is 0. The SMILES string of the molecule is c1ccc(C(OCC2CO2)c2ccccc2)cc1. The summed E-state index contributed by atoms with van der Waals surface area (Å²) in [5, 5.41) is 0. The van der Waals surface area contributed by atoms with Gasteiger partial charge in [-0.3, -0.25) is 0 Å². The number of ether oxygens (including phenoxy) is 2. The molecule has 0 saturated carbocycles. The van der Waals surface area contributed by atoms with Crippen molar-refractivity contribution >= 4 is 0 Å². The summed E-state index contributed by atoms with van der Waals surface area (Å²) in [6.07, 6.45) is 0.288. The molecule has 1 saturated heterocycles. The van der Waals surface area contributed by atoms with Crippen LogP contribution in [0.3, 0.4) is 0 Å². The zero-order valence-corrected chi connectivity index (χ0v) is 10.2. The van der Waals surface area contributed by atoms with Gasteiger partial charge in [-0.05, 0) is 11.1 Å². The Kier molecular flexibility index (Phi) is 3.40. The topological polar surface area (TPSA) is 21.8 Å². The van der Waals surface area contributed by atoms with Crippen LogP contribution in [-0.2, 0) is 9.47 Å². The van der Waals surface area contributed by atoms with E-state index in [1.54, 1.807) is 0 Å². The van der Waals surface area contributed by atoms with E-state index in [0.29, 0.717) is 12.7 Å². The summed E-state index contributed by atoms with van der Waals surface area (Å²) in [7, 11) is 0. The van der Waals surface area contributed by atoms with Crippen LogP contribution in [0.15, 0.2) is 60.7 Å². The fourth-order valence-electron chi connectivity index (χ4n) is 2.01. The van der Waals surface area contributed by atoms with Gasteiger partial charge in [-0.25, -0.2) is 0 Å². The van der Waals surface area contributed by atoms with Crippen LogP contribution in [0.4, 0.5) is 0 Å². The summed E-state index contributed by atoms with van der Waals surface area (Å²) in [5.41, 5.74) is 2.37. The van der Waals surface area contributed by atoms with E-state index in [1.165, 1.54) is 11.1 Å². The molecule has 1 atom stereocenters. The van der Waals surface area contributed by atoms with Crippen LogP contribution >= 0.6 is 0 Å². The Bertz CT molecular complexity index is 437. The van der Waals surface area contributed by atoms with E-state index in [4.69, 9.17) is 9.47 Å². The highest BCUT2D eigenvalue weighted by Crippen LogP contribution is 2.27. The van der Waals surface area contributed by atoms with E-state index in [0.717, 1.165) is 6.61 Å². The third-order valence-corrected chi connectivity index (χ3v) is 3.06. The summed E-state index contributed by atoms with van der Waals surface area (Å²) in [6.45, 7) is 1.49. The minimum Gasteiger partial charge on any atom is -0.371 e. The molecule has 1 aliphatic rings. The molecular formula is C16H16O2. The maximum atomic E-state index is 6.01. The van der Waals surface area contributed by atoms with Crippen LogP contribution in [0.1, 0.15) is 17.2 Å². The van der Waals surface area contributed by atoms with Crippen LogP contribution in [0, 0.1) is 0 Å². The van der Waals surface area contributed by atoms with E-state index in [2.05, 4.69) is 24.3 Å². The Morgan fingerprint density at radius 3 is 1.89 bits per heavy atom. The molecular weight excluding hydrogens is 224 g/mol. The van der Waals surface area contributed by atoms with Crippen molar-refractivity contribution in [3.8, 4) is 0 Å². The predicted octanol–water partition coefficient (Wildman–Crippen LogP) is 3.19. The van der Waals surface area contributed by atoms with Crippen molar-refractivity contribution in [1.82, 2.24) is 0 Å². The van der Waals surface area contributed by atoms with Crippen molar-refractivity contribution in [3.05, 3.63) is 71.8 Å². The molecule has 2 nitrogen and oxygen atoms in total. The third kappa shape index (κ3) is 2.78. The molecule has 0 amide bonds. The molecule has 1 unspecified atom stereocenters. The molecule has 0 N–H and O–H groups in total. The van der Waals surface area contributed by atoms with E-state index in [1.807, 2.05) is 36.4 Å². The van der Waals surface area contributed by atoms with Crippen molar-refractivity contribution in [2.24, 2.45) is 0 Å². The van der Waals surface area contributed by atoms with Crippen molar-refractivity contribution in [2.75, 3.05) is 13.2 Å². The first-order chi connectivity index (χ1) is 8.93. The molecule has 1 fully saturated rings. The van der Waals surface area contributed by atoms with Gasteiger partial charge in [0.05, 0.1) is 13.2 Å². The standard InChI is InChI=1S/C16H16O2/c1-3-7-13(8-4-1)16(18-12-15-11-17-15)14-9-5-2-6-10-14/h1-10,15-16H,11-12H2. The minimum atomic E-state index is -0.00315. The zero-order valence-electron chi connectivity index (χ0n) is 10.2. The van der Waals surface area contributed by atoms with Crippen LogP contribution in [0.25, 0.3) is 0 Å². The lowest BCUT2D eigenvalue weighted by atomic mass is 10.0. The Morgan fingerprint density at radius 2 is 1.44 bits per heavy atom. The van der Waals surface area contributed by atoms with Crippen LogP contribution < -0.4 is 0 Å². The molecule has 2 aromatic carbocycles. The summed E-state index contributed by atoms with van der Waals surface area (Å²) in [6, 6.07) is 20.6. The molecule has 0 aromatic heterocycles. The first-order valence-electron chi connectivity index (χ1n) is 6.26. The van der Waals surface area contributed by atoms with Gasteiger partial charge in [-0.1, -0.05) is 60.7 Å². The molecule has 2 aromatic rings. The number of benzene rings is 2. The van der Waals surface area contributed by atoms with Crippen LogP contribution in [-0.4, -0.2) is 19.3 Å². The third-order valence-electron chi connectivity index (χ3n) is 3.06. The van der Waals surface area contributed by atoms with Gasteiger partial charge in [-0.2, -0.15) is 0 Å². The summed E-state index contributed by atoms with van der Waals surface area (Å²) in [4.78, 5) is 0. The molecule has 0 bridgehead atoms. The van der Waals surface area contributed by atoms with Crippen LogP contribution in [0.5, 0.6) is 0 Å². The van der Waals surface area contributed by atoms with Gasteiger partial charge in [0, 0.05) is 0 Å². The van der Waals surface area contributed by atoms with Gasteiger partial charge in [0.15, 0.2) is 0 Å². The second-order valence-corrected chi connectivity index (χ2v) is 4.49. The number of epoxide rings is 1. The number of hydrogen-bond acceptors (Lipinski definition) is 2. The monoisotopic (exact) mass is 240 g/mol. The molecule has 92 valence electrons. The van der Waals surface area contributed by atoms with Crippen molar-refractivity contribution in [3.63, 3.8) is 0 Å². The molecule has 1 aliphatic heterocycles. The Hall–Kier alpha value is -1.64. The van der Waals surface area contributed by atoms with Gasteiger partial charge in [0.2, 0.25) is 0 Å². The molecule has 1 heterocycles. The highest BCUT2D eigenvalue weighted by atomic mass is 16.6. The van der Waals surface area contributed by atoms with Crippen molar-refractivity contribution < 1.29 is 9.47 Å². The summed E-state index contributed by atoms with van der Waals surface area (Å²) < 4.78 is 11.2. The summed E-state index contributed by atoms with van der Waals surface area (Å²) >= 11 is 0. The van der Waals surface area contributed by atoms with E-state index >= 15 is 0 Å². The maximum absolute atomic E-state index is 6.01. The van der Waals surface area contributed by atoms with Crippen LogP contribution in [0.2, 0.25) is 0 Å². The zero-order chi connectivity index (χ0) is 12.2. The average molecular weight is 240 g/mol. The predicted molar refractivity (Wildman–Crippen MR) is 70.4 cm³/mol. The maximum Gasteiger partial charge on any atom is 0.108 e. The largest absolute Gasteiger partial charge is 0.371 e. The fourth-order valence-corrected chi connectivity index (χ4v) is 2.01. The molecule has 0 aliphatic carbocycles. The van der Waals surface area contributed by atoms with Crippen molar-refractivity contribution in [1.29, 1.82) is 0 Å². The highest BCUT2D eigenvalue weighted by Gasteiger charge is 2.25. The van der Waals surface area contributed by atoms with Gasteiger partial charge in [-0.15, -0.1) is 0 Å². The number of rotatable bonds is 5.